The molecule has 2 rings (SSSR count). The van der Waals surface area contributed by atoms with Crippen molar-refractivity contribution in [1.29, 1.82) is 0 Å². The van der Waals surface area contributed by atoms with Crippen LogP contribution in [0.3, 0.4) is 0 Å². The molecule has 1 aromatic rings. The first-order valence-electron chi connectivity index (χ1n) is 7.83. The Balaban J connectivity index is 2.07. The minimum Gasteiger partial charge on any atom is -0.383 e. The first kappa shape index (κ1) is 16.8. The van der Waals surface area contributed by atoms with Crippen LogP contribution in [0, 0.1) is 11.3 Å². The van der Waals surface area contributed by atoms with E-state index in [1.54, 1.807) is 7.11 Å². The third kappa shape index (κ3) is 4.00. The van der Waals surface area contributed by atoms with Crippen molar-refractivity contribution in [1.82, 2.24) is 5.32 Å². The van der Waals surface area contributed by atoms with E-state index in [0.29, 0.717) is 5.41 Å². The van der Waals surface area contributed by atoms with Crippen LogP contribution < -0.4 is 5.32 Å². The van der Waals surface area contributed by atoms with Crippen LogP contribution in [0.25, 0.3) is 0 Å². The Morgan fingerprint density at radius 3 is 2.38 bits per heavy atom. The van der Waals surface area contributed by atoms with Crippen LogP contribution >= 0.6 is 11.6 Å². The van der Waals surface area contributed by atoms with Gasteiger partial charge in [-0.05, 0) is 41.9 Å². The summed E-state index contributed by atoms with van der Waals surface area (Å²) in [7, 11) is 1.75. The number of hydrogen-bond donors (Lipinski definition) is 1. The maximum atomic E-state index is 6.04. The molecule has 0 bridgehead atoms. The summed E-state index contributed by atoms with van der Waals surface area (Å²) in [6.07, 6.45) is 2.50. The SMILES string of the molecule is COCCNCC1(c2ccc(Cl)cc2)CC(C(C)(C)C)C1. The highest BCUT2D eigenvalue weighted by molar-refractivity contribution is 6.30. The summed E-state index contributed by atoms with van der Waals surface area (Å²) >= 11 is 6.04. The number of hydrogen-bond acceptors (Lipinski definition) is 2. The highest BCUT2D eigenvalue weighted by atomic mass is 35.5. The smallest absolute Gasteiger partial charge is 0.0587 e. The molecule has 0 atom stereocenters. The normalized spacial score (nSPS) is 25.7. The maximum Gasteiger partial charge on any atom is 0.0587 e. The Morgan fingerprint density at radius 1 is 1.24 bits per heavy atom. The van der Waals surface area contributed by atoms with Gasteiger partial charge in [-0.1, -0.05) is 44.5 Å². The summed E-state index contributed by atoms with van der Waals surface area (Å²) in [6.45, 7) is 9.74. The molecular weight excluding hydrogens is 282 g/mol. The van der Waals surface area contributed by atoms with Crippen LogP contribution in [0.5, 0.6) is 0 Å². The molecule has 0 amide bonds. The van der Waals surface area contributed by atoms with Gasteiger partial charge in [0.15, 0.2) is 0 Å². The second-order valence-corrected chi connectivity index (χ2v) is 7.86. The lowest BCUT2D eigenvalue weighted by atomic mass is 9.52. The Hall–Kier alpha value is -0.570. The average Bonchev–Trinajstić information content (AvgIpc) is 2.37. The van der Waals surface area contributed by atoms with Crippen molar-refractivity contribution in [3.8, 4) is 0 Å². The van der Waals surface area contributed by atoms with Crippen molar-refractivity contribution < 1.29 is 4.74 Å². The minimum absolute atomic E-state index is 0.260. The zero-order chi connectivity index (χ0) is 15.5. The number of rotatable bonds is 6. The first-order chi connectivity index (χ1) is 9.87. The van der Waals surface area contributed by atoms with Gasteiger partial charge >= 0.3 is 0 Å². The lowest BCUT2D eigenvalue weighted by Gasteiger charge is -2.53. The summed E-state index contributed by atoms with van der Waals surface area (Å²) in [5, 5.41) is 4.37. The van der Waals surface area contributed by atoms with E-state index in [2.05, 4.69) is 38.2 Å². The topological polar surface area (TPSA) is 21.3 Å². The Kier molecular flexibility index (Phi) is 5.34. The van der Waals surface area contributed by atoms with E-state index in [1.807, 2.05) is 12.1 Å². The molecule has 3 heteroatoms. The van der Waals surface area contributed by atoms with E-state index in [-0.39, 0.29) is 5.41 Å². The van der Waals surface area contributed by atoms with Gasteiger partial charge in [0.2, 0.25) is 0 Å². The minimum atomic E-state index is 0.260. The molecular formula is C18H28ClNO. The fourth-order valence-electron chi connectivity index (χ4n) is 3.28. The van der Waals surface area contributed by atoms with Crippen molar-refractivity contribution >= 4 is 11.6 Å². The number of nitrogens with one attached hydrogen (secondary N) is 1. The van der Waals surface area contributed by atoms with Crippen LogP contribution in [-0.4, -0.2) is 26.8 Å². The Morgan fingerprint density at radius 2 is 1.86 bits per heavy atom. The quantitative estimate of drug-likeness (QED) is 0.792. The van der Waals surface area contributed by atoms with Gasteiger partial charge in [0.25, 0.3) is 0 Å². The van der Waals surface area contributed by atoms with Gasteiger partial charge in [-0.25, -0.2) is 0 Å². The van der Waals surface area contributed by atoms with Gasteiger partial charge in [-0.2, -0.15) is 0 Å². The zero-order valence-electron chi connectivity index (χ0n) is 13.7. The third-order valence-corrected chi connectivity index (χ3v) is 5.15. The van der Waals surface area contributed by atoms with Crippen LogP contribution in [0.4, 0.5) is 0 Å². The largest absolute Gasteiger partial charge is 0.383 e. The molecule has 0 radical (unpaired) electrons. The van der Waals surface area contributed by atoms with E-state index in [9.17, 15) is 0 Å². The molecule has 2 nitrogen and oxygen atoms in total. The number of benzene rings is 1. The number of ether oxygens (including phenoxy) is 1. The standard InChI is InChI=1S/C18H28ClNO/c1-17(2,3)15-11-18(12-15,13-20-9-10-21-4)14-5-7-16(19)8-6-14/h5-8,15,20H,9-13H2,1-4H3. The molecule has 0 aromatic heterocycles. The molecule has 118 valence electrons. The fraction of sp³-hybridized carbons (Fsp3) is 0.667. The molecule has 21 heavy (non-hydrogen) atoms. The molecule has 0 aliphatic heterocycles. The molecule has 0 unspecified atom stereocenters. The van der Waals surface area contributed by atoms with E-state index in [4.69, 9.17) is 16.3 Å². The van der Waals surface area contributed by atoms with Gasteiger partial charge in [-0.3, -0.25) is 0 Å². The average molecular weight is 310 g/mol. The summed E-state index contributed by atoms with van der Waals surface area (Å²) in [5.74, 6) is 0.789. The molecule has 0 spiro atoms. The predicted octanol–water partition coefficient (Wildman–Crippen LogP) is 4.27. The summed E-state index contributed by atoms with van der Waals surface area (Å²) in [4.78, 5) is 0. The maximum absolute atomic E-state index is 6.04. The first-order valence-corrected chi connectivity index (χ1v) is 8.21. The summed E-state index contributed by atoms with van der Waals surface area (Å²) in [6, 6.07) is 8.41. The highest BCUT2D eigenvalue weighted by Crippen LogP contribution is 2.54. The number of halogens is 1. The highest BCUT2D eigenvalue weighted by Gasteiger charge is 2.48. The predicted molar refractivity (Wildman–Crippen MR) is 90.1 cm³/mol. The van der Waals surface area contributed by atoms with Crippen molar-refractivity contribution in [2.45, 2.75) is 39.0 Å². The van der Waals surface area contributed by atoms with Gasteiger partial charge in [-0.15, -0.1) is 0 Å². The lowest BCUT2D eigenvalue weighted by Crippen LogP contribution is -2.52. The zero-order valence-corrected chi connectivity index (χ0v) is 14.5. The molecule has 1 fully saturated rings. The summed E-state index contributed by atoms with van der Waals surface area (Å²) < 4.78 is 5.13. The lowest BCUT2D eigenvalue weighted by molar-refractivity contribution is 0.0438. The van der Waals surface area contributed by atoms with E-state index >= 15 is 0 Å². The molecule has 0 heterocycles. The van der Waals surface area contributed by atoms with Crippen LogP contribution in [-0.2, 0) is 10.2 Å². The molecule has 1 aromatic carbocycles. The van der Waals surface area contributed by atoms with Crippen LogP contribution in [0.2, 0.25) is 5.02 Å². The second kappa shape index (κ2) is 6.68. The molecule has 0 saturated heterocycles. The monoisotopic (exact) mass is 309 g/mol. The van der Waals surface area contributed by atoms with E-state index in [0.717, 1.165) is 30.6 Å². The van der Waals surface area contributed by atoms with Crippen molar-refractivity contribution in [3.63, 3.8) is 0 Å². The van der Waals surface area contributed by atoms with Crippen LogP contribution in [0.1, 0.15) is 39.2 Å². The Bertz CT molecular complexity index is 443. The number of methoxy groups -OCH3 is 1. The van der Waals surface area contributed by atoms with Crippen molar-refractivity contribution in [2.24, 2.45) is 11.3 Å². The Labute approximate surface area is 134 Å². The molecule has 1 N–H and O–H groups in total. The van der Waals surface area contributed by atoms with Crippen molar-refractivity contribution in [3.05, 3.63) is 34.9 Å². The van der Waals surface area contributed by atoms with Crippen molar-refractivity contribution in [2.75, 3.05) is 26.8 Å². The van der Waals surface area contributed by atoms with E-state index < -0.39 is 0 Å². The molecule has 1 aliphatic carbocycles. The third-order valence-electron chi connectivity index (χ3n) is 4.90. The van der Waals surface area contributed by atoms with Gasteiger partial charge < -0.3 is 10.1 Å². The molecule has 1 aliphatic rings. The molecule has 1 saturated carbocycles. The van der Waals surface area contributed by atoms with Crippen LogP contribution in [0.15, 0.2) is 24.3 Å². The fourth-order valence-corrected chi connectivity index (χ4v) is 3.41. The summed E-state index contributed by atoms with van der Waals surface area (Å²) in [5.41, 5.74) is 2.07. The van der Waals surface area contributed by atoms with Gasteiger partial charge in [0, 0.05) is 30.6 Å². The van der Waals surface area contributed by atoms with E-state index in [1.165, 1.54) is 18.4 Å². The van der Waals surface area contributed by atoms with Gasteiger partial charge in [0.05, 0.1) is 6.61 Å². The van der Waals surface area contributed by atoms with Gasteiger partial charge in [0.1, 0.15) is 0 Å². The second-order valence-electron chi connectivity index (χ2n) is 7.43.